The average Bonchev–Trinajstić information content (AvgIpc) is 2.97. The lowest BCUT2D eigenvalue weighted by atomic mass is 10.1. The van der Waals surface area contributed by atoms with Crippen molar-refractivity contribution in [3.05, 3.63) is 59.1 Å². The third-order valence-corrected chi connectivity index (χ3v) is 4.87. The lowest BCUT2D eigenvalue weighted by Gasteiger charge is -2.12. The summed E-state index contributed by atoms with van der Waals surface area (Å²) in [6, 6.07) is 15.0. The molecule has 1 amide bonds. The van der Waals surface area contributed by atoms with E-state index in [9.17, 15) is 9.59 Å². The third-order valence-electron chi connectivity index (χ3n) is 3.83. The molecule has 1 atom stereocenters. The van der Waals surface area contributed by atoms with Crippen molar-refractivity contribution in [1.82, 2.24) is 4.98 Å². The van der Waals surface area contributed by atoms with Crippen LogP contribution in [0.2, 0.25) is 0 Å². The zero-order valence-electron chi connectivity index (χ0n) is 14.2. The van der Waals surface area contributed by atoms with Gasteiger partial charge in [0.2, 0.25) is 0 Å². The number of fused-ring (bicyclic) bond motifs is 1. The average molecular weight is 354 g/mol. The summed E-state index contributed by atoms with van der Waals surface area (Å²) in [6.07, 6.45) is 0. The van der Waals surface area contributed by atoms with Crippen molar-refractivity contribution in [1.29, 1.82) is 0 Å². The number of nitrogens with one attached hydrogen (secondary N) is 2. The zero-order chi connectivity index (χ0) is 17.8. The van der Waals surface area contributed by atoms with Crippen LogP contribution in [0, 0.1) is 0 Å². The fourth-order valence-corrected chi connectivity index (χ4v) is 3.67. The number of carbonyl (C=O) groups is 2. The van der Waals surface area contributed by atoms with Gasteiger partial charge in [0.15, 0.2) is 12.3 Å². The van der Waals surface area contributed by atoms with E-state index in [1.165, 1.54) is 11.6 Å². The van der Waals surface area contributed by atoms with Gasteiger partial charge in [-0.3, -0.25) is 9.59 Å². The Morgan fingerprint density at radius 1 is 1.12 bits per heavy atom. The lowest BCUT2D eigenvalue weighted by Crippen LogP contribution is -3.08. The van der Waals surface area contributed by atoms with Gasteiger partial charge in [0.05, 0.1) is 17.3 Å². The van der Waals surface area contributed by atoms with Crippen molar-refractivity contribution in [2.45, 2.75) is 13.5 Å². The first kappa shape index (κ1) is 17.3. The monoisotopic (exact) mass is 354 g/mol. The van der Waals surface area contributed by atoms with Crippen molar-refractivity contribution in [3.8, 4) is 0 Å². The molecule has 0 bridgehead atoms. The second-order valence-electron chi connectivity index (χ2n) is 6.07. The summed E-state index contributed by atoms with van der Waals surface area (Å²) in [7, 11) is 1.98. The highest BCUT2D eigenvalue weighted by atomic mass is 32.1. The van der Waals surface area contributed by atoms with E-state index in [0.29, 0.717) is 24.3 Å². The fourth-order valence-electron chi connectivity index (χ4n) is 2.58. The minimum absolute atomic E-state index is 0.0119. The van der Waals surface area contributed by atoms with Crippen LogP contribution in [0.1, 0.15) is 22.3 Å². The van der Waals surface area contributed by atoms with Crippen LogP contribution in [0.5, 0.6) is 0 Å². The quantitative estimate of drug-likeness (QED) is 0.667. The van der Waals surface area contributed by atoms with Gasteiger partial charge in [-0.05, 0) is 43.3 Å². The van der Waals surface area contributed by atoms with Gasteiger partial charge in [-0.15, -0.1) is 11.3 Å². The molecule has 128 valence electrons. The number of aromatic nitrogens is 1. The first-order valence-corrected chi connectivity index (χ1v) is 8.89. The Hall–Kier alpha value is -2.57. The normalized spacial score (nSPS) is 12.1. The molecule has 0 aliphatic rings. The summed E-state index contributed by atoms with van der Waals surface area (Å²) in [5.74, 6) is -0.0490. The minimum atomic E-state index is -0.0609. The van der Waals surface area contributed by atoms with Gasteiger partial charge in [-0.25, -0.2) is 4.98 Å². The number of ketones is 1. The summed E-state index contributed by atoms with van der Waals surface area (Å²) < 4.78 is 1.17. The predicted molar refractivity (Wildman–Crippen MR) is 100 cm³/mol. The number of nitrogens with zero attached hydrogens (tertiary/aromatic N) is 1. The molecular formula is C19H20N3O2S+. The van der Waals surface area contributed by atoms with Crippen LogP contribution in [-0.2, 0) is 11.3 Å². The molecule has 0 fully saturated rings. The highest BCUT2D eigenvalue weighted by molar-refractivity contribution is 7.18. The highest BCUT2D eigenvalue weighted by Gasteiger charge is 2.13. The van der Waals surface area contributed by atoms with Crippen LogP contribution in [0.15, 0.2) is 48.5 Å². The molecule has 0 aliphatic heterocycles. The van der Waals surface area contributed by atoms with Crippen molar-refractivity contribution in [2.24, 2.45) is 0 Å². The van der Waals surface area contributed by atoms with Crippen molar-refractivity contribution >= 4 is 38.9 Å². The number of rotatable bonds is 6. The molecule has 0 saturated carbocycles. The van der Waals surface area contributed by atoms with E-state index in [4.69, 9.17) is 0 Å². The van der Waals surface area contributed by atoms with Gasteiger partial charge < -0.3 is 10.2 Å². The molecule has 0 aliphatic carbocycles. The van der Waals surface area contributed by atoms with Gasteiger partial charge in [-0.2, -0.15) is 0 Å². The number of benzene rings is 2. The number of Topliss-reactive ketones (excluding diaryl/α,β-unsaturated/α-hetero) is 1. The maximum absolute atomic E-state index is 12.2. The number of para-hydroxylation sites is 1. The molecule has 0 saturated heterocycles. The molecule has 3 aromatic rings. The maximum Gasteiger partial charge on any atom is 0.279 e. The Morgan fingerprint density at radius 3 is 2.52 bits per heavy atom. The number of hydrogen-bond donors (Lipinski definition) is 2. The molecule has 1 unspecified atom stereocenters. The predicted octanol–water partition coefficient (Wildman–Crippen LogP) is 2.15. The molecule has 6 heteroatoms. The van der Waals surface area contributed by atoms with Gasteiger partial charge in [0.25, 0.3) is 5.91 Å². The first-order chi connectivity index (χ1) is 12.0. The summed E-state index contributed by atoms with van der Waals surface area (Å²) in [4.78, 5) is 29.1. The summed E-state index contributed by atoms with van der Waals surface area (Å²) in [6.45, 7) is 2.58. The van der Waals surface area contributed by atoms with Crippen LogP contribution in [-0.4, -0.2) is 30.3 Å². The third kappa shape index (κ3) is 4.49. The zero-order valence-corrected chi connectivity index (χ0v) is 15.0. The molecular weight excluding hydrogens is 334 g/mol. The molecule has 1 heterocycles. The number of amides is 1. The summed E-state index contributed by atoms with van der Waals surface area (Å²) >= 11 is 1.67. The Balaban J connectivity index is 1.55. The Bertz CT molecular complexity index is 869. The smallest absolute Gasteiger partial charge is 0.279 e. The number of likely N-dealkylation sites (N-methyl/N-ethyl adjacent to an activating group) is 1. The van der Waals surface area contributed by atoms with E-state index in [1.54, 1.807) is 35.6 Å². The molecule has 5 nitrogen and oxygen atoms in total. The Labute approximate surface area is 150 Å². The van der Waals surface area contributed by atoms with E-state index >= 15 is 0 Å². The number of carbonyl (C=O) groups excluding carboxylic acids is 2. The summed E-state index contributed by atoms with van der Waals surface area (Å²) in [5.41, 5.74) is 2.34. The number of thiazole rings is 1. The molecule has 2 aromatic carbocycles. The molecule has 25 heavy (non-hydrogen) atoms. The molecule has 1 aromatic heterocycles. The van der Waals surface area contributed by atoms with E-state index < -0.39 is 0 Å². The van der Waals surface area contributed by atoms with Crippen molar-refractivity contribution in [2.75, 3.05) is 18.9 Å². The van der Waals surface area contributed by atoms with Crippen molar-refractivity contribution in [3.63, 3.8) is 0 Å². The highest BCUT2D eigenvalue weighted by Crippen LogP contribution is 2.20. The largest absolute Gasteiger partial charge is 0.324 e. The van der Waals surface area contributed by atoms with E-state index in [1.807, 2.05) is 25.2 Å². The maximum atomic E-state index is 12.2. The molecule has 2 N–H and O–H groups in total. The Morgan fingerprint density at radius 2 is 1.84 bits per heavy atom. The standard InChI is InChI=1S/C19H19N3O2S/c1-13(23)14-7-9-15(10-8-14)20-18(24)11-22(2)12-19-21-16-5-3-4-6-17(16)25-19/h3-10H,11-12H2,1-2H3,(H,20,24)/p+1. The van der Waals surface area contributed by atoms with Crippen molar-refractivity contribution < 1.29 is 14.5 Å². The van der Waals surface area contributed by atoms with Crippen LogP contribution in [0.25, 0.3) is 10.2 Å². The van der Waals surface area contributed by atoms with Gasteiger partial charge in [0, 0.05) is 11.3 Å². The second kappa shape index (κ2) is 7.55. The van der Waals surface area contributed by atoms with Crippen LogP contribution in [0.3, 0.4) is 0 Å². The first-order valence-electron chi connectivity index (χ1n) is 8.08. The van der Waals surface area contributed by atoms with Gasteiger partial charge in [-0.1, -0.05) is 12.1 Å². The topological polar surface area (TPSA) is 63.5 Å². The van der Waals surface area contributed by atoms with Crippen LogP contribution in [0.4, 0.5) is 5.69 Å². The summed E-state index contributed by atoms with van der Waals surface area (Å²) in [5, 5.41) is 3.89. The number of quaternary nitrogens is 1. The van der Waals surface area contributed by atoms with Crippen LogP contribution < -0.4 is 10.2 Å². The second-order valence-corrected chi connectivity index (χ2v) is 7.18. The molecule has 3 rings (SSSR count). The Kier molecular flexibility index (Phi) is 5.21. The number of anilines is 1. The molecule has 0 spiro atoms. The fraction of sp³-hybridized carbons (Fsp3) is 0.211. The lowest BCUT2D eigenvalue weighted by molar-refractivity contribution is -0.885. The minimum Gasteiger partial charge on any atom is -0.324 e. The van der Waals surface area contributed by atoms with Gasteiger partial charge in [0.1, 0.15) is 11.6 Å². The SMILES string of the molecule is CC(=O)c1ccc(NC(=O)C[NH+](C)Cc2nc3ccccc3s2)cc1. The van der Waals surface area contributed by atoms with E-state index in [-0.39, 0.29) is 11.7 Å². The van der Waals surface area contributed by atoms with Gasteiger partial charge >= 0.3 is 0 Å². The van der Waals surface area contributed by atoms with E-state index in [2.05, 4.69) is 16.4 Å². The van der Waals surface area contributed by atoms with Crippen LogP contribution >= 0.6 is 11.3 Å². The molecule has 0 radical (unpaired) electrons. The van der Waals surface area contributed by atoms with E-state index in [0.717, 1.165) is 15.4 Å². The number of hydrogen-bond acceptors (Lipinski definition) is 4.